The van der Waals surface area contributed by atoms with E-state index >= 15 is 0 Å². The molecule has 5 nitrogen and oxygen atoms in total. The van der Waals surface area contributed by atoms with E-state index in [1.54, 1.807) is 24.7 Å². The van der Waals surface area contributed by atoms with Crippen LogP contribution in [0, 0.1) is 0 Å². The van der Waals surface area contributed by atoms with Gasteiger partial charge in [-0.2, -0.15) is 0 Å². The second-order valence-corrected chi connectivity index (χ2v) is 6.21. The Morgan fingerprint density at radius 3 is 2.62 bits per heavy atom. The molecule has 0 saturated carbocycles. The van der Waals surface area contributed by atoms with Gasteiger partial charge in [-0.15, -0.1) is 0 Å². The molecule has 0 spiro atoms. The van der Waals surface area contributed by atoms with Gasteiger partial charge >= 0.3 is 0 Å². The molecule has 2 heterocycles. The van der Waals surface area contributed by atoms with E-state index in [-0.39, 0.29) is 5.91 Å². The molecule has 132 valence electrons. The average molecular weight is 367 g/mol. The van der Waals surface area contributed by atoms with Gasteiger partial charge in [0.05, 0.1) is 11.9 Å². The Labute approximate surface area is 157 Å². The molecule has 0 bridgehead atoms. The van der Waals surface area contributed by atoms with Gasteiger partial charge in [0.25, 0.3) is 5.91 Å². The molecule has 26 heavy (non-hydrogen) atoms. The molecule has 0 unspecified atom stereocenters. The van der Waals surface area contributed by atoms with E-state index < -0.39 is 0 Å². The summed E-state index contributed by atoms with van der Waals surface area (Å²) in [4.78, 5) is 20.4. The van der Waals surface area contributed by atoms with Crippen LogP contribution in [-0.4, -0.2) is 22.4 Å². The van der Waals surface area contributed by atoms with Crippen LogP contribution in [0.15, 0.2) is 67.1 Å². The second kappa shape index (κ2) is 8.97. The number of nitrogens with zero attached hydrogens (tertiary/aromatic N) is 2. The first kappa shape index (κ1) is 17.9. The van der Waals surface area contributed by atoms with Crippen LogP contribution in [0.5, 0.6) is 0 Å². The van der Waals surface area contributed by atoms with Crippen LogP contribution in [0.4, 0.5) is 5.69 Å². The third-order valence-electron chi connectivity index (χ3n) is 3.83. The van der Waals surface area contributed by atoms with Gasteiger partial charge in [-0.25, -0.2) is 4.98 Å². The molecule has 0 saturated heterocycles. The van der Waals surface area contributed by atoms with Gasteiger partial charge < -0.3 is 10.6 Å². The number of halogens is 1. The standard InChI is InChI=1S/C20H19ClN4O/c21-17-3-1-2-15(12-17)8-11-23-20(26)19-5-4-18(14-25-19)24-13-16-6-9-22-10-7-16/h1-7,9-10,12,14,24H,8,11,13H2,(H,23,26). The summed E-state index contributed by atoms with van der Waals surface area (Å²) in [6.45, 7) is 1.21. The maximum atomic E-state index is 12.2. The Hall–Kier alpha value is -2.92. The highest BCUT2D eigenvalue weighted by Gasteiger charge is 2.06. The van der Waals surface area contributed by atoms with Crippen LogP contribution < -0.4 is 10.6 Å². The smallest absolute Gasteiger partial charge is 0.269 e. The Morgan fingerprint density at radius 2 is 1.88 bits per heavy atom. The van der Waals surface area contributed by atoms with Crippen LogP contribution in [0.3, 0.4) is 0 Å². The fourth-order valence-electron chi connectivity index (χ4n) is 2.44. The van der Waals surface area contributed by atoms with Crippen molar-refractivity contribution in [3.63, 3.8) is 0 Å². The quantitative estimate of drug-likeness (QED) is 0.668. The third kappa shape index (κ3) is 5.29. The summed E-state index contributed by atoms with van der Waals surface area (Å²) in [5.41, 5.74) is 3.46. The highest BCUT2D eigenvalue weighted by atomic mass is 35.5. The van der Waals surface area contributed by atoms with Crippen molar-refractivity contribution in [2.45, 2.75) is 13.0 Å². The number of rotatable bonds is 7. The lowest BCUT2D eigenvalue weighted by Crippen LogP contribution is -2.26. The number of anilines is 1. The summed E-state index contributed by atoms with van der Waals surface area (Å²) in [7, 11) is 0. The number of aromatic nitrogens is 2. The highest BCUT2D eigenvalue weighted by Crippen LogP contribution is 2.11. The fraction of sp³-hybridized carbons (Fsp3) is 0.150. The highest BCUT2D eigenvalue weighted by molar-refractivity contribution is 6.30. The first-order valence-corrected chi connectivity index (χ1v) is 8.70. The molecule has 1 aromatic carbocycles. The largest absolute Gasteiger partial charge is 0.380 e. The predicted molar refractivity (Wildman–Crippen MR) is 103 cm³/mol. The van der Waals surface area contributed by atoms with Crippen molar-refractivity contribution in [1.82, 2.24) is 15.3 Å². The molecule has 3 rings (SSSR count). The van der Waals surface area contributed by atoms with Crippen molar-refractivity contribution < 1.29 is 4.79 Å². The molecule has 0 aliphatic rings. The van der Waals surface area contributed by atoms with Crippen molar-refractivity contribution in [1.29, 1.82) is 0 Å². The number of carbonyl (C=O) groups is 1. The van der Waals surface area contributed by atoms with Crippen molar-refractivity contribution in [2.75, 3.05) is 11.9 Å². The molecule has 0 radical (unpaired) electrons. The van der Waals surface area contributed by atoms with Crippen molar-refractivity contribution in [2.24, 2.45) is 0 Å². The summed E-state index contributed by atoms with van der Waals surface area (Å²) in [5.74, 6) is -0.187. The SMILES string of the molecule is O=C(NCCc1cccc(Cl)c1)c1ccc(NCc2ccncc2)cn1. The minimum Gasteiger partial charge on any atom is -0.380 e. The van der Waals surface area contributed by atoms with Gasteiger partial charge in [0.2, 0.25) is 0 Å². The molecule has 2 aromatic heterocycles. The Bertz CT molecular complexity index is 853. The van der Waals surface area contributed by atoms with Gasteiger partial charge in [0.1, 0.15) is 5.69 Å². The topological polar surface area (TPSA) is 66.9 Å². The van der Waals surface area contributed by atoms with Crippen LogP contribution in [0.25, 0.3) is 0 Å². The van der Waals surface area contributed by atoms with E-state index in [4.69, 9.17) is 11.6 Å². The van der Waals surface area contributed by atoms with Crippen LogP contribution in [-0.2, 0) is 13.0 Å². The molecule has 0 fully saturated rings. The first-order valence-electron chi connectivity index (χ1n) is 8.32. The number of hydrogen-bond acceptors (Lipinski definition) is 4. The van der Waals surface area contributed by atoms with E-state index in [9.17, 15) is 4.79 Å². The number of carbonyl (C=O) groups excluding carboxylic acids is 1. The summed E-state index contributed by atoms with van der Waals surface area (Å²) < 4.78 is 0. The zero-order valence-corrected chi connectivity index (χ0v) is 14.9. The van der Waals surface area contributed by atoms with E-state index in [0.29, 0.717) is 23.8 Å². The first-order chi connectivity index (χ1) is 12.7. The maximum Gasteiger partial charge on any atom is 0.269 e. The lowest BCUT2D eigenvalue weighted by atomic mass is 10.1. The summed E-state index contributed by atoms with van der Waals surface area (Å²) in [6, 6.07) is 15.1. The molecular weight excluding hydrogens is 348 g/mol. The number of nitrogens with one attached hydrogen (secondary N) is 2. The molecule has 6 heteroatoms. The fourth-order valence-corrected chi connectivity index (χ4v) is 2.65. The van der Waals surface area contributed by atoms with Gasteiger partial charge in [0.15, 0.2) is 0 Å². The summed E-state index contributed by atoms with van der Waals surface area (Å²) >= 11 is 5.96. The van der Waals surface area contributed by atoms with Crippen LogP contribution >= 0.6 is 11.6 Å². The van der Waals surface area contributed by atoms with Gasteiger partial charge in [-0.1, -0.05) is 23.7 Å². The monoisotopic (exact) mass is 366 g/mol. The zero-order valence-electron chi connectivity index (χ0n) is 14.2. The van der Waals surface area contributed by atoms with Crippen LogP contribution in [0.2, 0.25) is 5.02 Å². The molecule has 0 atom stereocenters. The average Bonchev–Trinajstić information content (AvgIpc) is 2.67. The predicted octanol–water partition coefficient (Wildman–Crippen LogP) is 3.71. The summed E-state index contributed by atoms with van der Waals surface area (Å²) in [5, 5.41) is 6.83. The molecule has 3 aromatic rings. The number of pyridine rings is 2. The second-order valence-electron chi connectivity index (χ2n) is 5.78. The number of amides is 1. The summed E-state index contributed by atoms with van der Waals surface area (Å²) in [6.07, 6.45) is 5.89. The molecule has 2 N–H and O–H groups in total. The van der Waals surface area contributed by atoms with E-state index in [1.807, 2.05) is 42.5 Å². The van der Waals surface area contributed by atoms with Crippen LogP contribution in [0.1, 0.15) is 21.6 Å². The maximum absolute atomic E-state index is 12.2. The molecule has 1 amide bonds. The number of benzene rings is 1. The normalized spacial score (nSPS) is 10.3. The van der Waals surface area contributed by atoms with E-state index in [2.05, 4.69) is 20.6 Å². The zero-order chi connectivity index (χ0) is 18.2. The molecule has 0 aliphatic carbocycles. The van der Waals surface area contributed by atoms with Crippen molar-refractivity contribution in [3.05, 3.63) is 89.0 Å². The van der Waals surface area contributed by atoms with Gasteiger partial charge in [-0.05, 0) is 53.9 Å². The lowest BCUT2D eigenvalue weighted by molar-refractivity contribution is 0.0949. The van der Waals surface area contributed by atoms with E-state index in [0.717, 1.165) is 23.2 Å². The van der Waals surface area contributed by atoms with Gasteiger partial charge in [-0.3, -0.25) is 9.78 Å². The number of hydrogen-bond donors (Lipinski definition) is 2. The van der Waals surface area contributed by atoms with E-state index in [1.165, 1.54) is 0 Å². The Morgan fingerprint density at radius 1 is 1.04 bits per heavy atom. The minimum absolute atomic E-state index is 0.187. The Balaban J connectivity index is 1.47. The van der Waals surface area contributed by atoms with Crippen molar-refractivity contribution >= 4 is 23.2 Å². The lowest BCUT2D eigenvalue weighted by Gasteiger charge is -2.08. The minimum atomic E-state index is -0.187. The molecular formula is C20H19ClN4O. The van der Waals surface area contributed by atoms with Crippen molar-refractivity contribution in [3.8, 4) is 0 Å². The van der Waals surface area contributed by atoms with Gasteiger partial charge in [0, 0.05) is 30.5 Å². The third-order valence-corrected chi connectivity index (χ3v) is 4.07. The molecule has 0 aliphatic heterocycles. The Kier molecular flexibility index (Phi) is 6.17.